The number of unbranched alkanes of at least 4 members (excludes halogenated alkanes) is 2. The first-order valence-electron chi connectivity index (χ1n) is 6.77. The number of amides is 2. The quantitative estimate of drug-likeness (QED) is 0.666. The zero-order valence-corrected chi connectivity index (χ0v) is 11.2. The second-order valence-electron chi connectivity index (χ2n) is 4.99. The fraction of sp³-hybridized carbons (Fsp3) is 0.846. The molecule has 1 aliphatic rings. The molecule has 2 amide bonds. The lowest BCUT2D eigenvalue weighted by Gasteiger charge is -2.14. The van der Waals surface area contributed by atoms with E-state index in [9.17, 15) is 4.79 Å². The molecular weight excluding hydrogens is 214 g/mol. The van der Waals surface area contributed by atoms with Gasteiger partial charge in [0.15, 0.2) is 0 Å². The first-order valence-corrected chi connectivity index (χ1v) is 6.77. The highest BCUT2D eigenvalue weighted by Crippen LogP contribution is 2.07. The maximum Gasteiger partial charge on any atom is 0.314 e. The smallest absolute Gasteiger partial charge is 0.314 e. The van der Waals surface area contributed by atoms with Crippen LogP contribution in [0.4, 0.5) is 4.79 Å². The molecule has 0 aliphatic carbocycles. The summed E-state index contributed by atoms with van der Waals surface area (Å²) in [5, 5.41) is 5.69. The summed E-state index contributed by atoms with van der Waals surface area (Å²) >= 11 is 0. The molecule has 1 rings (SSSR count). The summed E-state index contributed by atoms with van der Waals surface area (Å²) in [4.78, 5) is 13.7. The Balaban J connectivity index is 1.85. The molecule has 1 heterocycles. The molecule has 2 N–H and O–H groups in total. The van der Waals surface area contributed by atoms with Gasteiger partial charge in [0.1, 0.15) is 0 Å². The number of hydrogen-bond donors (Lipinski definition) is 2. The third-order valence-corrected chi connectivity index (χ3v) is 2.89. The van der Waals surface area contributed by atoms with Gasteiger partial charge < -0.3 is 15.5 Å². The van der Waals surface area contributed by atoms with Crippen LogP contribution in [0.25, 0.3) is 0 Å². The molecule has 0 aromatic carbocycles. The van der Waals surface area contributed by atoms with Gasteiger partial charge in [-0.1, -0.05) is 6.42 Å². The Morgan fingerprint density at radius 1 is 1.35 bits per heavy atom. The maximum absolute atomic E-state index is 11.3. The van der Waals surface area contributed by atoms with Crippen LogP contribution < -0.4 is 10.6 Å². The third kappa shape index (κ3) is 7.21. The molecule has 0 aromatic heterocycles. The van der Waals surface area contributed by atoms with Crippen LogP contribution in [-0.4, -0.2) is 43.2 Å². The summed E-state index contributed by atoms with van der Waals surface area (Å²) < 4.78 is 0. The van der Waals surface area contributed by atoms with Crippen LogP contribution in [0.3, 0.4) is 0 Å². The molecule has 1 fully saturated rings. The van der Waals surface area contributed by atoms with E-state index >= 15 is 0 Å². The number of nitrogens with zero attached hydrogens (tertiary/aromatic N) is 1. The number of urea groups is 1. The van der Waals surface area contributed by atoms with Crippen molar-refractivity contribution < 1.29 is 4.79 Å². The topological polar surface area (TPSA) is 44.4 Å². The maximum atomic E-state index is 11.3. The minimum absolute atomic E-state index is 0.0471. The van der Waals surface area contributed by atoms with Gasteiger partial charge in [-0.05, 0) is 52.6 Å². The minimum Gasteiger partial charge on any atom is -0.338 e. The van der Waals surface area contributed by atoms with Gasteiger partial charge in [-0.2, -0.15) is 0 Å². The van der Waals surface area contributed by atoms with E-state index in [1.807, 2.05) is 13.8 Å². The fourth-order valence-corrected chi connectivity index (χ4v) is 1.99. The van der Waals surface area contributed by atoms with Crippen molar-refractivity contribution in [2.75, 3.05) is 26.2 Å². The van der Waals surface area contributed by atoms with Crippen molar-refractivity contribution in [1.82, 2.24) is 15.5 Å². The fourth-order valence-electron chi connectivity index (χ4n) is 1.99. The lowest BCUT2D eigenvalue weighted by molar-refractivity contribution is 0.238. The summed E-state index contributed by atoms with van der Waals surface area (Å²) in [6, 6.07) is 0.163. The second kappa shape index (κ2) is 8.34. The van der Waals surface area contributed by atoms with Crippen molar-refractivity contribution in [3.05, 3.63) is 6.42 Å². The van der Waals surface area contributed by atoms with E-state index < -0.39 is 0 Å². The highest BCUT2D eigenvalue weighted by atomic mass is 16.2. The van der Waals surface area contributed by atoms with Crippen LogP contribution >= 0.6 is 0 Å². The predicted octanol–water partition coefficient (Wildman–Crippen LogP) is 1.77. The molecule has 0 unspecified atom stereocenters. The van der Waals surface area contributed by atoms with Crippen molar-refractivity contribution >= 4 is 6.03 Å². The molecule has 0 bridgehead atoms. The Labute approximate surface area is 105 Å². The number of carbonyl (C=O) groups excluding carboxylic acids is 1. The Hall–Kier alpha value is -0.770. The van der Waals surface area contributed by atoms with Crippen molar-refractivity contribution in [3.63, 3.8) is 0 Å². The predicted molar refractivity (Wildman–Crippen MR) is 70.9 cm³/mol. The summed E-state index contributed by atoms with van der Waals surface area (Å²) in [5.74, 6) is 0. The highest BCUT2D eigenvalue weighted by molar-refractivity contribution is 5.73. The molecule has 0 spiro atoms. The van der Waals surface area contributed by atoms with E-state index in [4.69, 9.17) is 0 Å². The molecule has 1 saturated heterocycles. The summed E-state index contributed by atoms with van der Waals surface area (Å²) in [6.45, 7) is 8.31. The summed E-state index contributed by atoms with van der Waals surface area (Å²) in [7, 11) is 0. The zero-order chi connectivity index (χ0) is 12.5. The number of carbonyl (C=O) groups is 1. The van der Waals surface area contributed by atoms with Gasteiger partial charge in [0, 0.05) is 19.1 Å². The molecule has 4 nitrogen and oxygen atoms in total. The molecule has 0 atom stereocenters. The average Bonchev–Trinajstić information content (AvgIpc) is 2.75. The van der Waals surface area contributed by atoms with E-state index in [0.29, 0.717) is 0 Å². The Kier molecular flexibility index (Phi) is 7.01. The van der Waals surface area contributed by atoms with Crippen molar-refractivity contribution in [2.24, 2.45) is 0 Å². The molecule has 4 heteroatoms. The van der Waals surface area contributed by atoms with Crippen molar-refractivity contribution in [2.45, 2.75) is 45.6 Å². The molecule has 1 radical (unpaired) electrons. The van der Waals surface area contributed by atoms with Gasteiger partial charge in [-0.15, -0.1) is 0 Å². The highest BCUT2D eigenvalue weighted by Gasteiger charge is 2.10. The van der Waals surface area contributed by atoms with Crippen LogP contribution in [0.2, 0.25) is 0 Å². The molecule has 0 aromatic rings. The van der Waals surface area contributed by atoms with Crippen LogP contribution in [0.5, 0.6) is 0 Å². The monoisotopic (exact) mass is 240 g/mol. The Bertz CT molecular complexity index is 213. The standard InChI is InChI=1S/C13H26N3O/c1-12(2)15-13(17)14-8-4-3-5-9-16-10-6-7-11-16/h6,12H,3-5,7-11H2,1-2H3,(H2,14,15,17). The largest absolute Gasteiger partial charge is 0.338 e. The first-order chi connectivity index (χ1) is 8.18. The van der Waals surface area contributed by atoms with E-state index in [1.54, 1.807) is 0 Å². The first kappa shape index (κ1) is 14.3. The van der Waals surface area contributed by atoms with Gasteiger partial charge in [-0.3, -0.25) is 0 Å². The Morgan fingerprint density at radius 2 is 2.18 bits per heavy atom. The minimum atomic E-state index is -0.0471. The van der Waals surface area contributed by atoms with E-state index in [0.717, 1.165) is 19.5 Å². The number of hydrogen-bond acceptors (Lipinski definition) is 2. The molecule has 0 saturated carbocycles. The van der Waals surface area contributed by atoms with Crippen LogP contribution in [0.15, 0.2) is 0 Å². The van der Waals surface area contributed by atoms with E-state index in [1.165, 1.54) is 32.4 Å². The zero-order valence-electron chi connectivity index (χ0n) is 11.2. The summed E-state index contributed by atoms with van der Waals surface area (Å²) in [5.41, 5.74) is 0. The SMILES string of the molecule is CC(C)NC(=O)NCCCCCN1C[CH]CC1. The Morgan fingerprint density at radius 3 is 2.82 bits per heavy atom. The van der Waals surface area contributed by atoms with Gasteiger partial charge in [0.05, 0.1) is 0 Å². The lowest BCUT2D eigenvalue weighted by Crippen LogP contribution is -2.39. The van der Waals surface area contributed by atoms with Crippen molar-refractivity contribution in [1.29, 1.82) is 0 Å². The molecule has 17 heavy (non-hydrogen) atoms. The molecule has 99 valence electrons. The number of rotatable bonds is 7. The van der Waals surface area contributed by atoms with Gasteiger partial charge in [0.25, 0.3) is 0 Å². The van der Waals surface area contributed by atoms with E-state index in [-0.39, 0.29) is 12.1 Å². The lowest BCUT2D eigenvalue weighted by atomic mass is 10.2. The number of likely N-dealkylation sites (tertiary alicyclic amines) is 1. The van der Waals surface area contributed by atoms with Crippen LogP contribution in [0.1, 0.15) is 39.5 Å². The van der Waals surface area contributed by atoms with Gasteiger partial charge >= 0.3 is 6.03 Å². The van der Waals surface area contributed by atoms with E-state index in [2.05, 4.69) is 22.0 Å². The van der Waals surface area contributed by atoms with Gasteiger partial charge in [0.2, 0.25) is 0 Å². The summed E-state index contributed by atoms with van der Waals surface area (Å²) in [6.07, 6.45) is 7.09. The number of nitrogens with one attached hydrogen (secondary N) is 2. The van der Waals surface area contributed by atoms with Crippen molar-refractivity contribution in [3.8, 4) is 0 Å². The van der Waals surface area contributed by atoms with Crippen LogP contribution in [-0.2, 0) is 0 Å². The second-order valence-corrected chi connectivity index (χ2v) is 4.99. The average molecular weight is 240 g/mol. The van der Waals surface area contributed by atoms with Crippen LogP contribution in [0, 0.1) is 6.42 Å². The normalized spacial score (nSPS) is 16.4. The van der Waals surface area contributed by atoms with Gasteiger partial charge in [-0.25, -0.2) is 4.79 Å². The third-order valence-electron chi connectivity index (χ3n) is 2.89. The molecular formula is C13H26N3O. The molecule has 1 aliphatic heterocycles.